The number of carbonyl (C=O) groups excluding carboxylic acids is 2. The lowest BCUT2D eigenvalue weighted by Gasteiger charge is -1.93. The van der Waals surface area contributed by atoms with Crippen LogP contribution in [0.1, 0.15) is 20.9 Å². The van der Waals surface area contributed by atoms with Gasteiger partial charge in [-0.15, -0.1) is 4.91 Å². The number of nitrogens with two attached hydrogens (primary N) is 1. The molecule has 6 nitrogen and oxygen atoms in total. The zero-order chi connectivity index (χ0) is 11.7. The molecule has 16 heavy (non-hydrogen) atoms. The highest BCUT2D eigenvalue weighted by molar-refractivity contribution is 6.03. The van der Waals surface area contributed by atoms with Crippen LogP contribution in [-0.2, 0) is 0 Å². The fourth-order valence-electron chi connectivity index (χ4n) is 1.41. The van der Waals surface area contributed by atoms with Crippen molar-refractivity contribution < 1.29 is 14.0 Å². The predicted octanol–water partition coefficient (Wildman–Crippen LogP) is 1.73. The molecule has 0 aliphatic carbocycles. The Morgan fingerprint density at radius 1 is 1.44 bits per heavy atom. The minimum absolute atomic E-state index is 0.00124. The molecule has 0 aliphatic heterocycles. The van der Waals surface area contributed by atoms with E-state index in [9.17, 15) is 14.5 Å². The number of nitrogens with zero attached hydrogens (tertiary/aromatic N) is 1. The number of fused-ring (bicyclic) bond motifs is 1. The van der Waals surface area contributed by atoms with Crippen molar-refractivity contribution in [1.82, 2.24) is 0 Å². The molecule has 1 aromatic carbocycles. The molecule has 0 aliphatic rings. The van der Waals surface area contributed by atoms with Crippen LogP contribution in [0.2, 0.25) is 0 Å². The number of nitrogen functional groups attached to an aromatic ring is 1. The Hall–Kier alpha value is -2.50. The lowest BCUT2D eigenvalue weighted by Crippen LogP contribution is -1.93. The Morgan fingerprint density at radius 3 is 2.81 bits per heavy atom. The van der Waals surface area contributed by atoms with Crippen molar-refractivity contribution in [3.8, 4) is 0 Å². The zero-order valence-electron chi connectivity index (χ0n) is 7.97. The lowest BCUT2D eigenvalue weighted by atomic mass is 10.1. The molecule has 1 amide bonds. The maximum absolute atomic E-state index is 11.0. The van der Waals surface area contributed by atoms with Crippen molar-refractivity contribution in [2.24, 2.45) is 5.18 Å². The third kappa shape index (κ3) is 1.36. The van der Waals surface area contributed by atoms with Gasteiger partial charge in [0, 0.05) is 16.1 Å². The van der Waals surface area contributed by atoms with E-state index in [1.165, 1.54) is 18.2 Å². The molecular weight excluding hydrogens is 212 g/mol. The van der Waals surface area contributed by atoms with Crippen molar-refractivity contribution in [3.05, 3.63) is 34.4 Å². The molecule has 0 saturated heterocycles. The van der Waals surface area contributed by atoms with Crippen molar-refractivity contribution in [1.29, 1.82) is 0 Å². The Balaban J connectivity index is 2.69. The largest absolute Gasteiger partial charge is 0.451 e. The minimum atomic E-state index is -0.893. The summed E-state index contributed by atoms with van der Waals surface area (Å²) in [7, 11) is 0. The summed E-state index contributed by atoms with van der Waals surface area (Å²) in [6.07, 6.45) is 0.481. The molecule has 1 heterocycles. The van der Waals surface area contributed by atoms with E-state index in [2.05, 4.69) is 5.18 Å². The second-order valence-corrected chi connectivity index (χ2v) is 3.11. The number of furan rings is 1. The van der Waals surface area contributed by atoms with E-state index in [1.807, 2.05) is 0 Å². The van der Waals surface area contributed by atoms with Crippen molar-refractivity contribution in [3.63, 3.8) is 0 Å². The molecule has 0 unspecified atom stereocenters. The van der Waals surface area contributed by atoms with Gasteiger partial charge in [-0.3, -0.25) is 9.59 Å². The SMILES string of the molecule is Nc1c(C=O)oc2ccc(C(=O)N=O)cc12. The van der Waals surface area contributed by atoms with Gasteiger partial charge in [-0.1, -0.05) is 0 Å². The molecule has 2 rings (SSSR count). The predicted molar refractivity (Wildman–Crippen MR) is 56.1 cm³/mol. The van der Waals surface area contributed by atoms with Crippen LogP contribution < -0.4 is 5.73 Å². The summed E-state index contributed by atoms with van der Waals surface area (Å²) in [6.45, 7) is 0. The number of hydrogen-bond acceptors (Lipinski definition) is 5. The molecule has 0 saturated carbocycles. The van der Waals surface area contributed by atoms with Crippen LogP contribution in [0, 0.1) is 4.91 Å². The molecular formula is C10H6N2O4. The number of hydrogen-bond donors (Lipinski definition) is 1. The first kappa shape index (κ1) is 10.0. The lowest BCUT2D eigenvalue weighted by molar-refractivity contribution is 0.100. The fourth-order valence-corrected chi connectivity index (χ4v) is 1.41. The highest BCUT2D eigenvalue weighted by Crippen LogP contribution is 2.28. The van der Waals surface area contributed by atoms with E-state index in [0.717, 1.165) is 0 Å². The van der Waals surface area contributed by atoms with Crippen molar-refractivity contribution in [2.45, 2.75) is 0 Å². The Labute approximate surface area is 89.0 Å². The van der Waals surface area contributed by atoms with Gasteiger partial charge in [-0.05, 0) is 18.2 Å². The van der Waals surface area contributed by atoms with Gasteiger partial charge in [-0.25, -0.2) is 0 Å². The second kappa shape index (κ2) is 3.58. The standard InChI is InChI=1S/C10H6N2O4/c11-9-6-3-5(10(14)12-15)1-2-7(6)16-8(9)4-13/h1-4H,11H2. The third-order valence-corrected chi connectivity index (χ3v) is 2.19. The molecule has 0 fully saturated rings. The van der Waals surface area contributed by atoms with Gasteiger partial charge >= 0.3 is 5.91 Å². The smallest absolute Gasteiger partial charge is 0.316 e. The maximum Gasteiger partial charge on any atom is 0.316 e. The minimum Gasteiger partial charge on any atom is -0.451 e. The number of benzene rings is 1. The first-order valence-corrected chi connectivity index (χ1v) is 4.32. The van der Waals surface area contributed by atoms with Crippen LogP contribution >= 0.6 is 0 Å². The number of nitroso groups, excluding NO2 is 1. The second-order valence-electron chi connectivity index (χ2n) is 3.11. The Morgan fingerprint density at radius 2 is 2.19 bits per heavy atom. The number of anilines is 1. The van der Waals surface area contributed by atoms with E-state index < -0.39 is 5.91 Å². The Bertz CT molecular complexity index is 600. The Kier molecular flexibility index (Phi) is 2.24. The first-order chi connectivity index (χ1) is 7.67. The third-order valence-electron chi connectivity index (χ3n) is 2.19. The van der Waals surface area contributed by atoms with Gasteiger partial charge in [0.25, 0.3) is 0 Å². The molecule has 0 atom stereocenters. The summed E-state index contributed by atoms with van der Waals surface area (Å²) in [5.41, 5.74) is 6.24. The van der Waals surface area contributed by atoms with Gasteiger partial charge in [0.1, 0.15) is 5.58 Å². The van der Waals surface area contributed by atoms with Crippen molar-refractivity contribution in [2.75, 3.05) is 5.73 Å². The summed E-state index contributed by atoms with van der Waals surface area (Å²) in [6, 6.07) is 4.20. The average molecular weight is 218 g/mol. The van der Waals surface area contributed by atoms with Crippen LogP contribution in [0.3, 0.4) is 0 Å². The maximum atomic E-state index is 11.0. The number of amides is 1. The zero-order valence-corrected chi connectivity index (χ0v) is 7.97. The highest BCUT2D eigenvalue weighted by Gasteiger charge is 2.13. The molecule has 0 spiro atoms. The molecule has 2 aromatic rings. The molecule has 1 aromatic heterocycles. The molecule has 0 radical (unpaired) electrons. The van der Waals surface area contributed by atoms with Gasteiger partial charge in [0.05, 0.1) is 5.69 Å². The molecule has 0 bridgehead atoms. The molecule has 6 heteroatoms. The van der Waals surface area contributed by atoms with Crippen LogP contribution in [-0.4, -0.2) is 12.2 Å². The number of carbonyl (C=O) groups is 2. The summed E-state index contributed by atoms with van der Waals surface area (Å²) < 4.78 is 5.10. The molecule has 2 N–H and O–H groups in total. The summed E-state index contributed by atoms with van der Waals surface area (Å²) >= 11 is 0. The number of rotatable bonds is 2. The highest BCUT2D eigenvalue weighted by atomic mass is 16.3. The van der Waals surface area contributed by atoms with Crippen LogP contribution in [0.25, 0.3) is 11.0 Å². The van der Waals surface area contributed by atoms with E-state index >= 15 is 0 Å². The van der Waals surface area contributed by atoms with Gasteiger partial charge < -0.3 is 10.2 Å². The van der Waals surface area contributed by atoms with Crippen LogP contribution in [0.4, 0.5) is 5.69 Å². The average Bonchev–Trinajstić information content (AvgIpc) is 2.64. The monoisotopic (exact) mass is 218 g/mol. The van der Waals surface area contributed by atoms with Gasteiger partial charge in [0.15, 0.2) is 12.0 Å². The van der Waals surface area contributed by atoms with E-state index in [4.69, 9.17) is 10.2 Å². The summed E-state index contributed by atoms with van der Waals surface area (Å²) in [5, 5.41) is 2.71. The quantitative estimate of drug-likeness (QED) is 0.610. The summed E-state index contributed by atoms with van der Waals surface area (Å²) in [4.78, 5) is 31.7. The van der Waals surface area contributed by atoms with E-state index in [0.29, 0.717) is 17.3 Å². The van der Waals surface area contributed by atoms with E-state index in [1.54, 1.807) is 0 Å². The van der Waals surface area contributed by atoms with Crippen molar-refractivity contribution >= 4 is 28.8 Å². The topological polar surface area (TPSA) is 103 Å². The normalized spacial score (nSPS) is 10.2. The van der Waals surface area contributed by atoms with Gasteiger partial charge in [0.2, 0.25) is 0 Å². The molecule has 80 valence electrons. The summed E-state index contributed by atoms with van der Waals surface area (Å²) in [5.74, 6) is -0.895. The first-order valence-electron chi connectivity index (χ1n) is 4.32. The van der Waals surface area contributed by atoms with Gasteiger partial charge in [-0.2, -0.15) is 0 Å². The fraction of sp³-hybridized carbons (Fsp3) is 0. The van der Waals surface area contributed by atoms with Crippen LogP contribution in [0.15, 0.2) is 27.8 Å². The van der Waals surface area contributed by atoms with Crippen LogP contribution in [0.5, 0.6) is 0 Å². The number of aldehydes is 1. The van der Waals surface area contributed by atoms with E-state index in [-0.39, 0.29) is 17.0 Å².